The lowest BCUT2D eigenvalue weighted by atomic mass is 10.1. The SMILES string of the molecule is COc1cc(C(=O)OC(C)C(=O)N(C)c2ccccc2)cc2c1OCCO2. The first-order valence-electron chi connectivity index (χ1n) is 8.52. The number of likely N-dealkylation sites (N-methyl/N-ethyl adjacent to an activating group) is 1. The number of anilines is 1. The van der Waals surface area contributed by atoms with Crippen LogP contribution >= 0.6 is 0 Å². The zero-order valence-corrected chi connectivity index (χ0v) is 15.4. The molecule has 2 aromatic carbocycles. The fourth-order valence-corrected chi connectivity index (χ4v) is 2.72. The lowest BCUT2D eigenvalue weighted by Crippen LogP contribution is -2.37. The smallest absolute Gasteiger partial charge is 0.339 e. The van der Waals surface area contributed by atoms with Gasteiger partial charge in [0.1, 0.15) is 13.2 Å². The maximum Gasteiger partial charge on any atom is 0.339 e. The Balaban J connectivity index is 1.74. The summed E-state index contributed by atoms with van der Waals surface area (Å²) in [7, 11) is 3.11. The van der Waals surface area contributed by atoms with Crippen LogP contribution in [0.4, 0.5) is 5.69 Å². The molecule has 1 aliphatic rings. The minimum Gasteiger partial charge on any atom is -0.493 e. The first kappa shape index (κ1) is 18.6. The number of rotatable bonds is 5. The molecule has 0 spiro atoms. The monoisotopic (exact) mass is 371 g/mol. The van der Waals surface area contributed by atoms with Crippen LogP contribution in [0.5, 0.6) is 17.2 Å². The van der Waals surface area contributed by atoms with Crippen molar-refractivity contribution >= 4 is 17.6 Å². The van der Waals surface area contributed by atoms with E-state index in [2.05, 4.69) is 0 Å². The van der Waals surface area contributed by atoms with Crippen LogP contribution in [0.1, 0.15) is 17.3 Å². The van der Waals surface area contributed by atoms with Crippen molar-refractivity contribution in [1.82, 2.24) is 0 Å². The normalized spacial score (nSPS) is 13.4. The third-order valence-electron chi connectivity index (χ3n) is 4.17. The molecule has 1 atom stereocenters. The van der Waals surface area contributed by atoms with E-state index in [9.17, 15) is 9.59 Å². The van der Waals surface area contributed by atoms with Crippen LogP contribution in [0.2, 0.25) is 0 Å². The number of nitrogens with zero attached hydrogens (tertiary/aromatic N) is 1. The zero-order valence-electron chi connectivity index (χ0n) is 15.4. The van der Waals surface area contributed by atoms with Crippen molar-refractivity contribution in [2.24, 2.45) is 0 Å². The van der Waals surface area contributed by atoms with Crippen LogP contribution in [0.3, 0.4) is 0 Å². The van der Waals surface area contributed by atoms with E-state index in [-0.39, 0.29) is 11.5 Å². The van der Waals surface area contributed by atoms with Gasteiger partial charge in [0, 0.05) is 12.7 Å². The molecule has 0 saturated carbocycles. The Hall–Kier alpha value is -3.22. The number of esters is 1. The summed E-state index contributed by atoms with van der Waals surface area (Å²) in [4.78, 5) is 26.5. The molecule has 7 nitrogen and oxygen atoms in total. The van der Waals surface area contributed by atoms with Gasteiger partial charge in [0.15, 0.2) is 17.6 Å². The molecule has 142 valence electrons. The summed E-state index contributed by atoms with van der Waals surface area (Å²) < 4.78 is 21.6. The van der Waals surface area contributed by atoms with Crippen molar-refractivity contribution < 1.29 is 28.5 Å². The maximum absolute atomic E-state index is 12.5. The lowest BCUT2D eigenvalue weighted by Gasteiger charge is -2.23. The zero-order chi connectivity index (χ0) is 19.4. The van der Waals surface area contributed by atoms with Crippen molar-refractivity contribution in [2.45, 2.75) is 13.0 Å². The summed E-state index contributed by atoms with van der Waals surface area (Å²) >= 11 is 0. The quantitative estimate of drug-likeness (QED) is 0.753. The summed E-state index contributed by atoms with van der Waals surface area (Å²) in [5, 5.41) is 0. The van der Waals surface area contributed by atoms with Crippen molar-refractivity contribution in [3.05, 3.63) is 48.0 Å². The molecule has 3 rings (SSSR count). The largest absolute Gasteiger partial charge is 0.493 e. The van der Waals surface area contributed by atoms with E-state index in [1.54, 1.807) is 19.2 Å². The fraction of sp³-hybridized carbons (Fsp3) is 0.300. The predicted octanol–water partition coefficient (Wildman–Crippen LogP) is 2.67. The second-order valence-corrected chi connectivity index (χ2v) is 5.98. The third kappa shape index (κ3) is 3.97. The first-order valence-corrected chi connectivity index (χ1v) is 8.52. The number of fused-ring (bicyclic) bond motifs is 1. The van der Waals surface area contributed by atoms with Crippen LogP contribution in [0.25, 0.3) is 0 Å². The molecular weight excluding hydrogens is 350 g/mol. The van der Waals surface area contributed by atoms with E-state index in [4.69, 9.17) is 18.9 Å². The number of para-hydroxylation sites is 1. The Labute approximate surface area is 157 Å². The van der Waals surface area contributed by atoms with Gasteiger partial charge >= 0.3 is 5.97 Å². The molecule has 27 heavy (non-hydrogen) atoms. The molecule has 1 amide bonds. The summed E-state index contributed by atoms with van der Waals surface area (Å²) in [5.74, 6) is 0.257. The second-order valence-electron chi connectivity index (χ2n) is 5.98. The molecule has 1 unspecified atom stereocenters. The molecule has 0 bridgehead atoms. The van der Waals surface area contributed by atoms with Gasteiger partial charge in [-0.3, -0.25) is 4.79 Å². The molecule has 7 heteroatoms. The number of hydrogen-bond donors (Lipinski definition) is 0. The number of benzene rings is 2. The highest BCUT2D eigenvalue weighted by Crippen LogP contribution is 2.40. The summed E-state index contributed by atoms with van der Waals surface area (Å²) in [6, 6.07) is 12.2. The number of ether oxygens (including phenoxy) is 4. The van der Waals surface area contributed by atoms with Gasteiger partial charge in [-0.1, -0.05) is 18.2 Å². The Morgan fingerprint density at radius 1 is 1.11 bits per heavy atom. The molecular formula is C20H21NO6. The third-order valence-corrected chi connectivity index (χ3v) is 4.17. The van der Waals surface area contributed by atoms with Gasteiger partial charge in [-0.2, -0.15) is 0 Å². The topological polar surface area (TPSA) is 74.3 Å². The average Bonchev–Trinajstić information content (AvgIpc) is 2.72. The van der Waals surface area contributed by atoms with Gasteiger partial charge in [0.25, 0.3) is 5.91 Å². The number of carbonyl (C=O) groups excluding carboxylic acids is 2. The highest BCUT2D eigenvalue weighted by atomic mass is 16.6. The summed E-state index contributed by atoms with van der Waals surface area (Å²) in [5.41, 5.74) is 0.935. The van der Waals surface area contributed by atoms with Crippen molar-refractivity contribution in [3.63, 3.8) is 0 Å². The van der Waals surface area contributed by atoms with Crippen LogP contribution in [-0.4, -0.2) is 45.4 Å². The van der Waals surface area contributed by atoms with Gasteiger partial charge in [-0.25, -0.2) is 4.79 Å². The van der Waals surface area contributed by atoms with Crippen molar-refractivity contribution in [2.75, 3.05) is 32.3 Å². The predicted molar refractivity (Wildman–Crippen MR) is 98.7 cm³/mol. The van der Waals surface area contributed by atoms with Gasteiger partial charge in [0.2, 0.25) is 5.75 Å². The van der Waals surface area contributed by atoms with Crippen molar-refractivity contribution in [3.8, 4) is 17.2 Å². The van der Waals surface area contributed by atoms with E-state index in [0.29, 0.717) is 36.1 Å². The number of hydrogen-bond acceptors (Lipinski definition) is 6. The molecule has 0 aliphatic carbocycles. The molecule has 0 radical (unpaired) electrons. The number of carbonyl (C=O) groups is 2. The Morgan fingerprint density at radius 2 is 1.81 bits per heavy atom. The van der Waals surface area contributed by atoms with Gasteiger partial charge in [-0.15, -0.1) is 0 Å². The standard InChI is InChI=1S/C20H21NO6/c1-13(19(22)21(2)15-7-5-4-6-8-15)27-20(23)14-11-16(24-3)18-17(12-14)25-9-10-26-18/h4-8,11-13H,9-10H2,1-3H3. The minimum absolute atomic E-state index is 0.220. The first-order chi connectivity index (χ1) is 13.0. The van der Waals surface area contributed by atoms with Crippen LogP contribution < -0.4 is 19.1 Å². The van der Waals surface area contributed by atoms with Gasteiger partial charge in [0.05, 0.1) is 12.7 Å². The van der Waals surface area contributed by atoms with E-state index in [1.165, 1.54) is 31.1 Å². The van der Waals surface area contributed by atoms with E-state index in [0.717, 1.165) is 0 Å². The molecule has 1 heterocycles. The maximum atomic E-state index is 12.5. The molecule has 0 aromatic heterocycles. The summed E-state index contributed by atoms with van der Waals surface area (Å²) in [6.07, 6.45) is -0.957. The highest BCUT2D eigenvalue weighted by molar-refractivity contribution is 5.99. The minimum atomic E-state index is -0.957. The van der Waals surface area contributed by atoms with Crippen LogP contribution in [0.15, 0.2) is 42.5 Å². The highest BCUT2D eigenvalue weighted by Gasteiger charge is 2.26. The van der Waals surface area contributed by atoms with E-state index < -0.39 is 12.1 Å². The molecule has 2 aromatic rings. The molecule has 0 fully saturated rings. The van der Waals surface area contributed by atoms with Crippen LogP contribution in [0, 0.1) is 0 Å². The lowest BCUT2D eigenvalue weighted by molar-refractivity contribution is -0.126. The van der Waals surface area contributed by atoms with E-state index >= 15 is 0 Å². The van der Waals surface area contributed by atoms with Crippen LogP contribution in [-0.2, 0) is 9.53 Å². The van der Waals surface area contributed by atoms with Gasteiger partial charge in [-0.05, 0) is 31.2 Å². The average molecular weight is 371 g/mol. The van der Waals surface area contributed by atoms with Gasteiger partial charge < -0.3 is 23.8 Å². The fourth-order valence-electron chi connectivity index (χ4n) is 2.72. The Kier molecular flexibility index (Phi) is 5.49. The molecule has 0 N–H and O–H groups in total. The Bertz CT molecular complexity index is 819. The second kappa shape index (κ2) is 7.99. The number of amides is 1. The summed E-state index contributed by atoms with van der Waals surface area (Å²) in [6.45, 7) is 2.32. The molecule has 1 aliphatic heterocycles. The van der Waals surface area contributed by atoms with Crippen molar-refractivity contribution in [1.29, 1.82) is 0 Å². The molecule has 0 saturated heterocycles. The van der Waals surface area contributed by atoms with E-state index in [1.807, 2.05) is 18.2 Å². The Morgan fingerprint density at radius 3 is 2.52 bits per heavy atom. The number of methoxy groups -OCH3 is 1.